The molecule has 13 heteroatoms. The van der Waals surface area contributed by atoms with Gasteiger partial charge in [0.05, 0.1) is 21.4 Å². The van der Waals surface area contributed by atoms with Crippen LogP contribution < -0.4 is 9.80 Å². The number of carbonyl (C=O) groups is 2. The highest BCUT2D eigenvalue weighted by Gasteiger charge is 2.34. The van der Waals surface area contributed by atoms with Crippen LogP contribution in [-0.2, 0) is 27.9 Å². The number of rotatable bonds is 7. The number of fused-ring (bicyclic) bond motifs is 1. The SMILES string of the molecule is N=C1OCCN1c1cccc(CN2Cc3c(cccc3N(CS(=O)(=O)O)C(=O)c3ccc(Cl)s3)C2=O)c1. The summed E-state index contributed by atoms with van der Waals surface area (Å²) in [7, 11) is -4.58. The maximum Gasteiger partial charge on any atom is 0.289 e. The average Bonchev–Trinajstić information content (AvgIpc) is 3.56. The molecule has 5 rings (SSSR count). The van der Waals surface area contributed by atoms with Crippen LogP contribution in [0.2, 0.25) is 4.34 Å². The molecule has 2 aliphatic rings. The molecule has 1 fully saturated rings. The van der Waals surface area contributed by atoms with Crippen molar-refractivity contribution < 1.29 is 27.3 Å². The summed E-state index contributed by atoms with van der Waals surface area (Å²) in [5.41, 5.74) is 2.67. The van der Waals surface area contributed by atoms with Gasteiger partial charge in [0, 0.05) is 29.9 Å². The van der Waals surface area contributed by atoms with Crippen molar-refractivity contribution in [2.75, 3.05) is 28.8 Å². The van der Waals surface area contributed by atoms with Crippen molar-refractivity contribution in [1.29, 1.82) is 5.41 Å². The lowest BCUT2D eigenvalue weighted by Gasteiger charge is -2.23. The van der Waals surface area contributed by atoms with Gasteiger partial charge in [-0.2, -0.15) is 8.42 Å². The zero-order chi connectivity index (χ0) is 26.3. The van der Waals surface area contributed by atoms with Gasteiger partial charge in [-0.1, -0.05) is 29.8 Å². The lowest BCUT2D eigenvalue weighted by molar-refractivity contribution is 0.0766. The Morgan fingerprint density at radius 3 is 2.65 bits per heavy atom. The minimum atomic E-state index is -4.58. The van der Waals surface area contributed by atoms with Gasteiger partial charge in [0.2, 0.25) is 0 Å². The summed E-state index contributed by atoms with van der Waals surface area (Å²) in [5, 5.41) is 7.92. The van der Waals surface area contributed by atoms with Crippen LogP contribution in [0.25, 0.3) is 0 Å². The summed E-state index contributed by atoms with van der Waals surface area (Å²) in [5.74, 6) is -1.90. The number of thiophene rings is 1. The van der Waals surface area contributed by atoms with Crippen molar-refractivity contribution in [2.45, 2.75) is 13.1 Å². The van der Waals surface area contributed by atoms with Gasteiger partial charge in [-0.3, -0.25) is 29.4 Å². The third-order valence-electron chi connectivity index (χ3n) is 6.02. The van der Waals surface area contributed by atoms with Gasteiger partial charge >= 0.3 is 0 Å². The molecule has 0 atom stereocenters. The molecule has 1 aromatic heterocycles. The smallest absolute Gasteiger partial charge is 0.289 e. The maximum absolute atomic E-state index is 13.3. The zero-order valence-corrected chi connectivity index (χ0v) is 21.6. The molecular weight excluding hydrogens is 540 g/mol. The van der Waals surface area contributed by atoms with Crippen LogP contribution in [0.5, 0.6) is 0 Å². The molecule has 2 aromatic carbocycles. The van der Waals surface area contributed by atoms with E-state index in [0.29, 0.717) is 28.6 Å². The van der Waals surface area contributed by atoms with Crippen molar-refractivity contribution in [3.8, 4) is 0 Å². The predicted molar refractivity (Wildman–Crippen MR) is 140 cm³/mol. The summed E-state index contributed by atoms with van der Waals surface area (Å²) in [4.78, 5) is 31.0. The number of nitrogens with zero attached hydrogens (tertiary/aromatic N) is 3. The first-order valence-corrected chi connectivity index (χ1v) is 13.9. The maximum atomic E-state index is 13.3. The van der Waals surface area contributed by atoms with E-state index in [1.54, 1.807) is 28.0 Å². The molecule has 0 radical (unpaired) electrons. The molecule has 2 amide bonds. The van der Waals surface area contributed by atoms with Gasteiger partial charge in [-0.25, -0.2) is 0 Å². The first-order valence-electron chi connectivity index (χ1n) is 11.1. The normalized spacial score (nSPS) is 15.2. The van der Waals surface area contributed by atoms with Crippen molar-refractivity contribution in [1.82, 2.24) is 4.90 Å². The number of nitrogens with one attached hydrogen (secondary N) is 1. The van der Waals surface area contributed by atoms with Crippen LogP contribution in [-0.4, -0.2) is 54.7 Å². The fourth-order valence-corrected chi connectivity index (χ4v) is 5.99. The van der Waals surface area contributed by atoms with Crippen molar-refractivity contribution in [2.24, 2.45) is 0 Å². The molecule has 3 heterocycles. The molecule has 1 saturated heterocycles. The molecule has 0 spiro atoms. The van der Waals surface area contributed by atoms with E-state index >= 15 is 0 Å². The molecule has 3 aromatic rings. The molecule has 2 aliphatic heterocycles. The minimum absolute atomic E-state index is 0.0714. The van der Waals surface area contributed by atoms with Gasteiger partial charge in [-0.05, 0) is 42.0 Å². The van der Waals surface area contributed by atoms with E-state index in [9.17, 15) is 22.6 Å². The number of anilines is 2. The number of hydrogen-bond acceptors (Lipinski definition) is 7. The molecule has 192 valence electrons. The van der Waals surface area contributed by atoms with E-state index in [1.807, 2.05) is 24.3 Å². The van der Waals surface area contributed by atoms with Gasteiger partial charge in [0.25, 0.3) is 28.0 Å². The van der Waals surface area contributed by atoms with Crippen molar-refractivity contribution in [3.05, 3.63) is 80.5 Å². The molecular formula is C24H21ClN4O6S2. The third-order valence-corrected chi connectivity index (χ3v) is 7.83. The number of amides is 2. The van der Waals surface area contributed by atoms with Gasteiger partial charge in [0.1, 0.15) is 6.61 Å². The van der Waals surface area contributed by atoms with Crippen LogP contribution in [0.3, 0.4) is 0 Å². The van der Waals surface area contributed by atoms with E-state index < -0.39 is 21.9 Å². The minimum Gasteiger partial charge on any atom is -0.463 e. The highest BCUT2D eigenvalue weighted by molar-refractivity contribution is 7.85. The molecule has 0 unspecified atom stereocenters. The summed E-state index contributed by atoms with van der Waals surface area (Å²) < 4.78 is 38.8. The lowest BCUT2D eigenvalue weighted by Crippen LogP contribution is -2.36. The lowest BCUT2D eigenvalue weighted by atomic mass is 10.1. The summed E-state index contributed by atoms with van der Waals surface area (Å²) >= 11 is 6.95. The number of ether oxygens (including phenoxy) is 1. The Labute approximate surface area is 221 Å². The van der Waals surface area contributed by atoms with Crippen LogP contribution in [0.1, 0.15) is 31.2 Å². The Hall–Kier alpha value is -3.45. The Kier molecular flexibility index (Phi) is 6.67. The Morgan fingerprint density at radius 1 is 1.19 bits per heavy atom. The van der Waals surface area contributed by atoms with Crippen LogP contribution in [0, 0.1) is 5.41 Å². The number of benzene rings is 2. The molecule has 0 aliphatic carbocycles. The topological polar surface area (TPSA) is 131 Å². The second-order valence-corrected chi connectivity index (χ2v) is 11.6. The second-order valence-electron chi connectivity index (χ2n) is 8.49. The number of hydrogen-bond donors (Lipinski definition) is 2. The van der Waals surface area contributed by atoms with E-state index in [2.05, 4.69) is 0 Å². The average molecular weight is 561 g/mol. The molecule has 37 heavy (non-hydrogen) atoms. The first kappa shape index (κ1) is 25.2. The molecule has 0 saturated carbocycles. The fraction of sp³-hybridized carbons (Fsp3) is 0.208. The molecule has 0 bridgehead atoms. The van der Waals surface area contributed by atoms with Gasteiger partial charge in [0.15, 0.2) is 5.88 Å². The number of amidine groups is 1. The highest BCUT2D eigenvalue weighted by atomic mass is 35.5. The third kappa shape index (κ3) is 5.18. The van der Waals surface area contributed by atoms with Crippen LogP contribution >= 0.6 is 22.9 Å². The quantitative estimate of drug-likeness (QED) is 0.420. The van der Waals surface area contributed by atoms with Crippen LogP contribution in [0.15, 0.2) is 54.6 Å². The largest absolute Gasteiger partial charge is 0.463 e. The fourth-order valence-electron chi connectivity index (χ4n) is 4.42. The van der Waals surface area contributed by atoms with E-state index in [1.165, 1.54) is 12.1 Å². The summed E-state index contributed by atoms with van der Waals surface area (Å²) in [6.45, 7) is 1.39. The number of carbonyl (C=O) groups excluding carboxylic acids is 2. The van der Waals surface area contributed by atoms with E-state index in [0.717, 1.165) is 27.5 Å². The predicted octanol–water partition coefficient (Wildman–Crippen LogP) is 3.82. The van der Waals surface area contributed by atoms with Gasteiger partial charge < -0.3 is 9.64 Å². The van der Waals surface area contributed by atoms with E-state index in [4.69, 9.17) is 21.7 Å². The molecule has 10 nitrogen and oxygen atoms in total. The van der Waals surface area contributed by atoms with Gasteiger partial charge in [-0.15, -0.1) is 11.3 Å². The van der Waals surface area contributed by atoms with Crippen LogP contribution in [0.4, 0.5) is 11.4 Å². The monoisotopic (exact) mass is 560 g/mol. The summed E-state index contributed by atoms with van der Waals surface area (Å²) in [6, 6.07) is 15.3. The Morgan fingerprint density at radius 2 is 1.97 bits per heavy atom. The molecule has 2 N–H and O–H groups in total. The first-order chi connectivity index (χ1) is 17.6. The van der Waals surface area contributed by atoms with Crippen molar-refractivity contribution in [3.63, 3.8) is 0 Å². The second kappa shape index (κ2) is 9.78. The summed E-state index contributed by atoms with van der Waals surface area (Å²) in [6.07, 6.45) is 0. The number of halogens is 1. The zero-order valence-electron chi connectivity index (χ0n) is 19.3. The highest BCUT2D eigenvalue weighted by Crippen LogP contribution is 2.35. The van der Waals surface area contributed by atoms with E-state index in [-0.39, 0.29) is 35.6 Å². The van der Waals surface area contributed by atoms with Crippen molar-refractivity contribution >= 4 is 62.3 Å². The standard InChI is InChI=1S/C24H21ClN4O6S2/c25-21-8-7-20(36-21)23(31)29(14-37(32,33)34)19-6-2-5-17-18(19)13-27(22(17)30)12-15-3-1-4-16(11-15)28-9-10-35-24(28)26/h1-8,11,26H,9-10,12-14H2,(H,32,33,34). The Bertz CT molecular complexity index is 1520. The Balaban J connectivity index is 1.44.